The van der Waals surface area contributed by atoms with E-state index in [1.54, 1.807) is 21.8 Å². The monoisotopic (exact) mass is 490 g/mol. The number of nitrogens with zero attached hydrogens (tertiary/aromatic N) is 6. The Morgan fingerprint density at radius 1 is 1.23 bits per heavy atom. The maximum atomic E-state index is 16.2. The predicted molar refractivity (Wildman–Crippen MR) is 135 cm³/mol. The van der Waals surface area contributed by atoms with Crippen molar-refractivity contribution in [2.24, 2.45) is 12.5 Å². The lowest BCUT2D eigenvalue weighted by atomic mass is 9.79. The fourth-order valence-electron chi connectivity index (χ4n) is 5.70. The summed E-state index contributed by atoms with van der Waals surface area (Å²) in [4.78, 5) is 24.7. The van der Waals surface area contributed by atoms with Gasteiger partial charge in [0, 0.05) is 60.5 Å². The summed E-state index contributed by atoms with van der Waals surface area (Å²) in [6.07, 6.45) is 5.47. The van der Waals surface area contributed by atoms with E-state index in [-0.39, 0.29) is 16.8 Å². The van der Waals surface area contributed by atoms with Gasteiger partial charge in [0.1, 0.15) is 17.7 Å². The van der Waals surface area contributed by atoms with Crippen LogP contribution in [-0.2, 0) is 11.8 Å². The molecule has 2 aromatic heterocycles. The van der Waals surface area contributed by atoms with Gasteiger partial charge in [0.05, 0.1) is 16.7 Å². The number of likely N-dealkylation sites (tertiary alicyclic amines) is 1. The topological polar surface area (TPSA) is 67.2 Å². The number of aryl methyl sites for hydroxylation is 2. The van der Waals surface area contributed by atoms with Crippen LogP contribution in [0.15, 0.2) is 43.4 Å². The first-order valence-corrected chi connectivity index (χ1v) is 11.9. The summed E-state index contributed by atoms with van der Waals surface area (Å²) in [5, 5.41) is 6.16. The molecule has 4 heterocycles. The number of rotatable bonds is 3. The molecule has 2 aromatic carbocycles. The van der Waals surface area contributed by atoms with Crippen LogP contribution in [0.25, 0.3) is 32.9 Å². The van der Waals surface area contributed by atoms with E-state index in [0.717, 1.165) is 36.0 Å². The number of amides is 1. The van der Waals surface area contributed by atoms with Crippen molar-refractivity contribution in [1.82, 2.24) is 24.6 Å². The molecular formula is C26H24ClFN6O. The van der Waals surface area contributed by atoms with Crippen molar-refractivity contribution in [1.29, 1.82) is 0 Å². The van der Waals surface area contributed by atoms with Crippen LogP contribution in [0.3, 0.4) is 0 Å². The fourth-order valence-corrected chi connectivity index (χ4v) is 5.99. The van der Waals surface area contributed by atoms with Gasteiger partial charge in [0.15, 0.2) is 5.82 Å². The molecule has 0 N–H and O–H groups in total. The second kappa shape index (κ2) is 7.75. The van der Waals surface area contributed by atoms with E-state index in [4.69, 9.17) is 11.6 Å². The Labute approximate surface area is 206 Å². The first-order chi connectivity index (χ1) is 16.8. The number of carbonyl (C=O) groups is 1. The Kier molecular flexibility index (Phi) is 4.86. The minimum absolute atomic E-state index is 0.0323. The zero-order valence-corrected chi connectivity index (χ0v) is 20.3. The summed E-state index contributed by atoms with van der Waals surface area (Å²) in [7, 11) is 1.84. The molecule has 0 atom stereocenters. The zero-order valence-electron chi connectivity index (χ0n) is 19.6. The molecule has 2 aliphatic heterocycles. The van der Waals surface area contributed by atoms with Gasteiger partial charge in [0.2, 0.25) is 5.91 Å². The van der Waals surface area contributed by atoms with Gasteiger partial charge in [-0.15, -0.1) is 0 Å². The molecule has 0 aliphatic carbocycles. The largest absolute Gasteiger partial charge is 0.355 e. The molecule has 0 radical (unpaired) electrons. The first-order valence-electron chi connectivity index (χ1n) is 11.5. The van der Waals surface area contributed by atoms with E-state index in [1.807, 2.05) is 26.1 Å². The van der Waals surface area contributed by atoms with E-state index in [0.29, 0.717) is 40.4 Å². The van der Waals surface area contributed by atoms with Crippen LogP contribution in [0, 0.1) is 18.2 Å². The Morgan fingerprint density at radius 3 is 2.80 bits per heavy atom. The van der Waals surface area contributed by atoms with Gasteiger partial charge < -0.3 is 9.80 Å². The average Bonchev–Trinajstić information content (AvgIpc) is 3.43. The van der Waals surface area contributed by atoms with E-state index in [9.17, 15) is 4.79 Å². The van der Waals surface area contributed by atoms with Crippen molar-refractivity contribution in [2.45, 2.75) is 13.3 Å². The van der Waals surface area contributed by atoms with E-state index < -0.39 is 5.82 Å². The van der Waals surface area contributed by atoms with Crippen molar-refractivity contribution in [2.75, 3.05) is 31.1 Å². The second-order valence-electron chi connectivity index (χ2n) is 9.67. The molecule has 0 saturated carbocycles. The smallest absolute Gasteiger partial charge is 0.245 e. The summed E-state index contributed by atoms with van der Waals surface area (Å²) in [5.74, 6) is 0.165. The SMILES string of the molecule is C=CC(=O)N1CC2(CCN(c3ncnc4c(F)c(-c5c(C)ccc6cnn(C)c56)c(Cl)cc34)C2)C1. The highest BCUT2D eigenvalue weighted by Gasteiger charge is 2.49. The maximum Gasteiger partial charge on any atom is 0.245 e. The molecule has 7 nitrogen and oxygen atoms in total. The summed E-state index contributed by atoms with van der Waals surface area (Å²) in [6, 6.07) is 5.70. The molecule has 2 saturated heterocycles. The number of hydrogen-bond acceptors (Lipinski definition) is 5. The molecule has 35 heavy (non-hydrogen) atoms. The van der Waals surface area contributed by atoms with Crippen LogP contribution < -0.4 is 4.90 Å². The number of hydrogen-bond donors (Lipinski definition) is 0. The number of benzene rings is 2. The Balaban J connectivity index is 1.43. The molecule has 0 unspecified atom stereocenters. The van der Waals surface area contributed by atoms with Crippen molar-refractivity contribution in [3.8, 4) is 11.1 Å². The number of anilines is 1. The molecule has 2 fully saturated rings. The van der Waals surface area contributed by atoms with Gasteiger partial charge >= 0.3 is 0 Å². The highest BCUT2D eigenvalue weighted by atomic mass is 35.5. The summed E-state index contributed by atoms with van der Waals surface area (Å²) < 4.78 is 17.9. The van der Waals surface area contributed by atoms with Crippen LogP contribution in [0.5, 0.6) is 0 Å². The number of fused-ring (bicyclic) bond motifs is 2. The van der Waals surface area contributed by atoms with Crippen molar-refractivity contribution >= 4 is 45.1 Å². The van der Waals surface area contributed by atoms with Crippen LogP contribution in [-0.4, -0.2) is 56.7 Å². The van der Waals surface area contributed by atoms with Crippen molar-refractivity contribution in [3.05, 3.63) is 59.8 Å². The van der Waals surface area contributed by atoms with Crippen LogP contribution >= 0.6 is 11.6 Å². The molecule has 9 heteroatoms. The molecule has 1 amide bonds. The quantitative estimate of drug-likeness (QED) is 0.395. The normalized spacial score (nSPS) is 16.9. The lowest BCUT2D eigenvalue weighted by Gasteiger charge is -2.47. The number of halogens is 2. The van der Waals surface area contributed by atoms with E-state index in [1.165, 1.54) is 12.4 Å². The van der Waals surface area contributed by atoms with Gasteiger partial charge in [-0.2, -0.15) is 5.10 Å². The van der Waals surface area contributed by atoms with Gasteiger partial charge in [0.25, 0.3) is 0 Å². The molecule has 0 bridgehead atoms. The van der Waals surface area contributed by atoms with Crippen LogP contribution in [0.2, 0.25) is 5.02 Å². The minimum Gasteiger partial charge on any atom is -0.355 e. The Bertz CT molecular complexity index is 1540. The molecule has 1 spiro atoms. The highest BCUT2D eigenvalue weighted by Crippen LogP contribution is 2.44. The standard InChI is InChI=1S/C26H24ClFN6O/c1-4-19(35)34-12-26(13-34)7-8-33(11-26)25-17-9-18(27)21(22(28)23(17)29-14-30-25)20-15(2)5-6-16-10-31-32(3)24(16)20/h4-6,9-10,14H,1,7-8,11-13H2,2-3H3. The molecular weight excluding hydrogens is 467 g/mol. The van der Waals surface area contributed by atoms with Crippen molar-refractivity contribution in [3.63, 3.8) is 0 Å². The van der Waals surface area contributed by atoms with Gasteiger partial charge in [-0.05, 0) is 31.1 Å². The van der Waals surface area contributed by atoms with E-state index in [2.05, 4.69) is 26.5 Å². The second-order valence-corrected chi connectivity index (χ2v) is 10.1. The molecule has 4 aromatic rings. The van der Waals surface area contributed by atoms with Gasteiger partial charge in [-0.1, -0.05) is 30.3 Å². The molecule has 178 valence electrons. The van der Waals surface area contributed by atoms with Crippen LogP contribution in [0.4, 0.5) is 10.2 Å². The highest BCUT2D eigenvalue weighted by molar-refractivity contribution is 6.35. The third kappa shape index (κ3) is 3.23. The minimum atomic E-state index is -0.465. The third-order valence-corrected chi connectivity index (χ3v) is 7.74. The fraction of sp³-hybridized carbons (Fsp3) is 0.308. The number of carbonyl (C=O) groups excluding carboxylic acids is 1. The Hall–Kier alpha value is -3.52. The summed E-state index contributed by atoms with van der Waals surface area (Å²) in [5.41, 5.74) is 3.04. The molecule has 6 rings (SSSR count). The lowest BCUT2D eigenvalue weighted by Crippen LogP contribution is -2.59. The van der Waals surface area contributed by atoms with E-state index >= 15 is 4.39 Å². The first kappa shape index (κ1) is 22.0. The molecule has 2 aliphatic rings. The number of aromatic nitrogens is 4. The third-order valence-electron chi connectivity index (χ3n) is 7.44. The summed E-state index contributed by atoms with van der Waals surface area (Å²) >= 11 is 6.78. The Morgan fingerprint density at radius 2 is 2.03 bits per heavy atom. The summed E-state index contributed by atoms with van der Waals surface area (Å²) in [6.45, 7) is 8.43. The van der Waals surface area contributed by atoms with Gasteiger partial charge in [-0.25, -0.2) is 14.4 Å². The van der Waals surface area contributed by atoms with Crippen molar-refractivity contribution < 1.29 is 9.18 Å². The lowest BCUT2D eigenvalue weighted by molar-refractivity contribution is -0.136. The average molecular weight is 491 g/mol. The predicted octanol–water partition coefficient (Wildman–Crippen LogP) is 4.51. The van der Waals surface area contributed by atoms with Gasteiger partial charge in [-0.3, -0.25) is 9.48 Å². The van der Waals surface area contributed by atoms with Crippen LogP contribution in [0.1, 0.15) is 12.0 Å². The maximum absolute atomic E-state index is 16.2. The zero-order chi connectivity index (χ0) is 24.5.